The van der Waals surface area contributed by atoms with Crippen LogP contribution < -0.4 is 11.1 Å². The molecule has 0 atom stereocenters. The van der Waals surface area contributed by atoms with Gasteiger partial charge in [-0.2, -0.15) is 4.98 Å². The number of aryl methyl sites for hydroxylation is 1. The van der Waals surface area contributed by atoms with Crippen LogP contribution >= 0.6 is 15.9 Å². The summed E-state index contributed by atoms with van der Waals surface area (Å²) >= 11 is 3.34. The van der Waals surface area contributed by atoms with Crippen molar-refractivity contribution in [2.45, 2.75) is 6.92 Å². The minimum atomic E-state index is -0.560. The average Bonchev–Trinajstić information content (AvgIpc) is 2.33. The maximum atomic E-state index is 10.9. The van der Waals surface area contributed by atoms with Crippen molar-refractivity contribution < 1.29 is 4.92 Å². The van der Waals surface area contributed by atoms with E-state index in [1.54, 1.807) is 6.07 Å². The number of anilines is 3. The van der Waals surface area contributed by atoms with Crippen molar-refractivity contribution >= 4 is 39.1 Å². The largest absolute Gasteiger partial charge is 0.368 e. The number of halogens is 1. The molecule has 8 heteroatoms. The maximum absolute atomic E-state index is 10.9. The number of benzene rings is 1. The van der Waals surface area contributed by atoms with Crippen LogP contribution in [0.15, 0.2) is 28.9 Å². The van der Waals surface area contributed by atoms with Gasteiger partial charge in [0.05, 0.1) is 4.92 Å². The molecule has 0 bridgehead atoms. The van der Waals surface area contributed by atoms with Gasteiger partial charge in [0.25, 0.3) is 0 Å². The highest BCUT2D eigenvalue weighted by atomic mass is 79.9. The van der Waals surface area contributed by atoms with Gasteiger partial charge in [-0.05, 0) is 24.6 Å². The van der Waals surface area contributed by atoms with Crippen LogP contribution in [0, 0.1) is 17.0 Å². The second-order valence-corrected chi connectivity index (χ2v) is 4.72. The van der Waals surface area contributed by atoms with E-state index in [0.29, 0.717) is 5.69 Å². The summed E-state index contributed by atoms with van der Waals surface area (Å²) in [5.41, 5.74) is 6.86. The van der Waals surface area contributed by atoms with E-state index in [1.807, 2.05) is 19.1 Å². The van der Waals surface area contributed by atoms with Gasteiger partial charge in [-0.15, -0.1) is 0 Å². The summed E-state index contributed by atoms with van der Waals surface area (Å²) in [6, 6.07) is 5.56. The molecule has 2 aromatic rings. The Labute approximate surface area is 117 Å². The van der Waals surface area contributed by atoms with Gasteiger partial charge in [0.1, 0.15) is 6.20 Å². The average molecular weight is 324 g/mol. The Hall–Kier alpha value is -2.22. The second-order valence-electron chi connectivity index (χ2n) is 3.80. The molecule has 0 saturated carbocycles. The van der Waals surface area contributed by atoms with E-state index in [4.69, 9.17) is 5.73 Å². The van der Waals surface area contributed by atoms with Crippen molar-refractivity contribution in [1.29, 1.82) is 0 Å². The summed E-state index contributed by atoms with van der Waals surface area (Å²) in [4.78, 5) is 17.8. The van der Waals surface area contributed by atoms with E-state index in [1.165, 1.54) is 0 Å². The Balaban J connectivity index is 2.45. The first kappa shape index (κ1) is 13.2. The smallest absolute Gasteiger partial charge is 0.329 e. The summed E-state index contributed by atoms with van der Waals surface area (Å²) in [6.07, 6.45) is 1.08. The van der Waals surface area contributed by atoms with Crippen LogP contribution in [0.2, 0.25) is 0 Å². The summed E-state index contributed by atoms with van der Waals surface area (Å²) < 4.78 is 0.852. The molecule has 0 unspecified atom stereocenters. The third-order valence-electron chi connectivity index (χ3n) is 2.44. The first-order valence-corrected chi connectivity index (χ1v) is 6.07. The molecule has 1 aromatic heterocycles. The lowest BCUT2D eigenvalue weighted by atomic mass is 10.2. The van der Waals surface area contributed by atoms with Crippen molar-refractivity contribution in [3.63, 3.8) is 0 Å². The van der Waals surface area contributed by atoms with Crippen LogP contribution in [0.1, 0.15) is 5.56 Å². The quantitative estimate of drug-likeness (QED) is 0.664. The molecule has 0 aliphatic rings. The fourth-order valence-corrected chi connectivity index (χ4v) is 1.83. The van der Waals surface area contributed by atoms with Crippen molar-refractivity contribution in [2.24, 2.45) is 0 Å². The fraction of sp³-hybridized carbons (Fsp3) is 0.0909. The Morgan fingerprint density at radius 3 is 2.89 bits per heavy atom. The Morgan fingerprint density at radius 1 is 1.47 bits per heavy atom. The van der Waals surface area contributed by atoms with Gasteiger partial charge in [0.15, 0.2) is 0 Å². The van der Waals surface area contributed by atoms with Crippen LogP contribution in [0.4, 0.5) is 23.1 Å². The molecule has 0 fully saturated rings. The summed E-state index contributed by atoms with van der Waals surface area (Å²) in [5.74, 6) is 0.0412. The molecular formula is C11H10BrN5O2. The lowest BCUT2D eigenvalue weighted by Gasteiger charge is -2.09. The van der Waals surface area contributed by atoms with Crippen molar-refractivity contribution in [3.8, 4) is 0 Å². The lowest BCUT2D eigenvalue weighted by Crippen LogP contribution is -2.04. The molecule has 0 saturated heterocycles. The molecule has 3 N–H and O–H groups in total. The van der Waals surface area contributed by atoms with Gasteiger partial charge in [-0.1, -0.05) is 22.0 Å². The van der Waals surface area contributed by atoms with E-state index in [0.717, 1.165) is 16.2 Å². The van der Waals surface area contributed by atoms with Crippen LogP contribution in [0.25, 0.3) is 0 Å². The Bertz CT molecular complexity index is 647. The molecule has 0 amide bonds. The standard InChI is InChI=1S/C11H10BrN5O2/c1-6-2-3-7(12)4-8(6)15-10-9(17(18)19)5-14-11(13)16-10/h2-5H,1H3,(H3,13,14,15,16). The van der Waals surface area contributed by atoms with Crippen LogP contribution in [0.3, 0.4) is 0 Å². The van der Waals surface area contributed by atoms with Gasteiger partial charge in [-0.25, -0.2) is 4.98 Å². The molecule has 0 aliphatic heterocycles. The number of nitrogens with two attached hydrogens (primary N) is 1. The molecule has 7 nitrogen and oxygen atoms in total. The van der Waals surface area contributed by atoms with Gasteiger partial charge < -0.3 is 11.1 Å². The molecule has 1 aromatic carbocycles. The zero-order valence-electron chi connectivity index (χ0n) is 9.92. The number of nitrogen functional groups attached to an aromatic ring is 1. The van der Waals surface area contributed by atoms with Crippen LogP contribution in [-0.2, 0) is 0 Å². The van der Waals surface area contributed by atoms with Gasteiger partial charge in [0, 0.05) is 10.2 Å². The number of aromatic nitrogens is 2. The molecule has 98 valence electrons. The molecule has 19 heavy (non-hydrogen) atoms. The predicted molar refractivity (Wildman–Crippen MR) is 75.3 cm³/mol. The molecule has 0 radical (unpaired) electrons. The zero-order chi connectivity index (χ0) is 14.0. The maximum Gasteiger partial charge on any atom is 0.329 e. The second kappa shape index (κ2) is 5.19. The highest BCUT2D eigenvalue weighted by molar-refractivity contribution is 9.10. The Morgan fingerprint density at radius 2 is 2.21 bits per heavy atom. The topological polar surface area (TPSA) is 107 Å². The highest BCUT2D eigenvalue weighted by Gasteiger charge is 2.17. The van der Waals surface area contributed by atoms with Crippen molar-refractivity contribution in [3.05, 3.63) is 44.5 Å². The summed E-state index contributed by atoms with van der Waals surface area (Å²) in [6.45, 7) is 1.88. The van der Waals surface area contributed by atoms with Gasteiger partial charge in [-0.3, -0.25) is 10.1 Å². The molecule has 0 aliphatic carbocycles. The van der Waals surface area contributed by atoms with E-state index in [2.05, 4.69) is 31.2 Å². The normalized spacial score (nSPS) is 10.2. The molecule has 0 spiro atoms. The summed E-state index contributed by atoms with van der Waals surface area (Å²) in [7, 11) is 0. The monoisotopic (exact) mass is 323 g/mol. The number of rotatable bonds is 3. The number of hydrogen-bond donors (Lipinski definition) is 2. The molecular weight excluding hydrogens is 314 g/mol. The molecule has 1 heterocycles. The van der Waals surface area contributed by atoms with E-state index in [9.17, 15) is 10.1 Å². The fourth-order valence-electron chi connectivity index (χ4n) is 1.47. The SMILES string of the molecule is Cc1ccc(Br)cc1Nc1nc(N)ncc1[N+](=O)[O-]. The van der Waals surface area contributed by atoms with Crippen LogP contribution in [-0.4, -0.2) is 14.9 Å². The third kappa shape index (κ3) is 2.97. The van der Waals surface area contributed by atoms with Gasteiger partial charge >= 0.3 is 5.69 Å². The lowest BCUT2D eigenvalue weighted by molar-refractivity contribution is -0.384. The highest BCUT2D eigenvalue weighted by Crippen LogP contribution is 2.28. The van der Waals surface area contributed by atoms with E-state index >= 15 is 0 Å². The van der Waals surface area contributed by atoms with Crippen molar-refractivity contribution in [2.75, 3.05) is 11.1 Å². The molecule has 2 rings (SSSR count). The third-order valence-corrected chi connectivity index (χ3v) is 2.93. The van der Waals surface area contributed by atoms with Gasteiger partial charge in [0.2, 0.25) is 11.8 Å². The first-order valence-electron chi connectivity index (χ1n) is 5.27. The Kier molecular flexibility index (Phi) is 3.61. The van der Waals surface area contributed by atoms with Crippen LogP contribution in [0.5, 0.6) is 0 Å². The van der Waals surface area contributed by atoms with E-state index < -0.39 is 4.92 Å². The minimum absolute atomic E-state index is 0.0271. The van der Waals surface area contributed by atoms with Crippen molar-refractivity contribution in [1.82, 2.24) is 9.97 Å². The zero-order valence-corrected chi connectivity index (χ0v) is 11.5. The number of nitrogens with zero attached hydrogens (tertiary/aromatic N) is 3. The predicted octanol–water partition coefficient (Wildman–Crippen LogP) is 2.78. The van der Waals surface area contributed by atoms with E-state index in [-0.39, 0.29) is 17.5 Å². The number of nitro groups is 1. The number of nitrogens with one attached hydrogen (secondary N) is 1. The first-order chi connectivity index (χ1) is 8.97. The number of hydrogen-bond acceptors (Lipinski definition) is 6. The minimum Gasteiger partial charge on any atom is -0.368 e. The summed E-state index contributed by atoms with van der Waals surface area (Å²) in [5, 5.41) is 13.8.